The molecular weight excluding hydrogens is 232 g/mol. The molecule has 1 rings (SSSR count). The molecule has 0 unspecified atom stereocenters. The van der Waals surface area contributed by atoms with Crippen molar-refractivity contribution >= 4 is 34.2 Å². The molecule has 0 aliphatic heterocycles. The number of aliphatic carboxylic acids is 1. The topological polar surface area (TPSA) is 62.2 Å². The number of aryl methyl sites for hydroxylation is 1. The lowest BCUT2D eigenvalue weighted by Crippen LogP contribution is -2.03. The molecule has 1 heterocycles. The van der Waals surface area contributed by atoms with Gasteiger partial charge in [-0.15, -0.1) is 11.3 Å². The lowest BCUT2D eigenvalue weighted by Gasteiger charge is -1.98. The fourth-order valence-corrected chi connectivity index (χ4v) is 2.08. The second-order valence-electron chi connectivity index (χ2n) is 2.96. The Morgan fingerprint density at radius 1 is 1.73 bits per heavy atom. The van der Waals surface area contributed by atoms with Crippen LogP contribution in [0.5, 0.6) is 0 Å². The summed E-state index contributed by atoms with van der Waals surface area (Å²) < 4.78 is 0. The van der Waals surface area contributed by atoms with Gasteiger partial charge in [0.15, 0.2) is 5.13 Å². The molecule has 1 aromatic rings. The lowest BCUT2D eigenvalue weighted by molar-refractivity contribution is -0.136. The summed E-state index contributed by atoms with van der Waals surface area (Å²) in [5.41, 5.74) is 0.856. The van der Waals surface area contributed by atoms with Gasteiger partial charge in [0, 0.05) is 24.1 Å². The van der Waals surface area contributed by atoms with Crippen LogP contribution >= 0.6 is 23.1 Å². The van der Waals surface area contributed by atoms with Gasteiger partial charge in [-0.3, -0.25) is 4.79 Å². The molecular formula is C9H14N2O2S2. The summed E-state index contributed by atoms with van der Waals surface area (Å²) in [6, 6.07) is 0. The molecule has 0 saturated carbocycles. The van der Waals surface area contributed by atoms with Crippen molar-refractivity contribution in [2.24, 2.45) is 0 Å². The van der Waals surface area contributed by atoms with E-state index in [0.29, 0.717) is 6.42 Å². The number of thiazole rings is 1. The highest BCUT2D eigenvalue weighted by molar-refractivity contribution is 7.98. The third-order valence-electron chi connectivity index (χ3n) is 1.73. The van der Waals surface area contributed by atoms with Crippen molar-refractivity contribution in [3.63, 3.8) is 0 Å². The minimum atomic E-state index is -0.778. The molecule has 0 fully saturated rings. The zero-order valence-electron chi connectivity index (χ0n) is 8.52. The summed E-state index contributed by atoms with van der Waals surface area (Å²) in [5, 5.41) is 14.5. The lowest BCUT2D eigenvalue weighted by atomic mass is 10.2. The molecule has 0 spiro atoms. The van der Waals surface area contributed by atoms with Crippen LogP contribution in [-0.4, -0.2) is 34.6 Å². The SMILES string of the molecule is CSCCNc1nc(CCC(=O)O)cs1. The van der Waals surface area contributed by atoms with Crippen LogP contribution in [0.3, 0.4) is 0 Å². The molecule has 0 aliphatic rings. The molecule has 15 heavy (non-hydrogen) atoms. The van der Waals surface area contributed by atoms with E-state index in [4.69, 9.17) is 5.11 Å². The average Bonchev–Trinajstić information content (AvgIpc) is 2.63. The van der Waals surface area contributed by atoms with Gasteiger partial charge < -0.3 is 10.4 Å². The Morgan fingerprint density at radius 3 is 3.20 bits per heavy atom. The smallest absolute Gasteiger partial charge is 0.303 e. The Balaban J connectivity index is 2.32. The van der Waals surface area contributed by atoms with Crippen molar-refractivity contribution in [2.75, 3.05) is 23.9 Å². The number of hydrogen-bond acceptors (Lipinski definition) is 5. The summed E-state index contributed by atoms with van der Waals surface area (Å²) >= 11 is 3.31. The van der Waals surface area contributed by atoms with Crippen molar-refractivity contribution in [3.05, 3.63) is 11.1 Å². The minimum absolute atomic E-state index is 0.147. The number of carboxylic acid groups (broad SMARTS) is 1. The Labute approximate surface area is 97.1 Å². The van der Waals surface area contributed by atoms with E-state index in [2.05, 4.69) is 16.6 Å². The van der Waals surface area contributed by atoms with E-state index in [-0.39, 0.29) is 6.42 Å². The average molecular weight is 246 g/mol. The van der Waals surface area contributed by atoms with Gasteiger partial charge in [-0.05, 0) is 6.26 Å². The normalized spacial score (nSPS) is 10.2. The number of aromatic nitrogens is 1. The third-order valence-corrected chi connectivity index (χ3v) is 3.19. The Hall–Kier alpha value is -0.750. The molecule has 6 heteroatoms. The Bertz CT molecular complexity index is 315. The summed E-state index contributed by atoms with van der Waals surface area (Å²) in [6.07, 6.45) is 2.71. The van der Waals surface area contributed by atoms with E-state index in [9.17, 15) is 4.79 Å². The maximum atomic E-state index is 10.3. The fraction of sp³-hybridized carbons (Fsp3) is 0.556. The second-order valence-corrected chi connectivity index (χ2v) is 4.80. The van der Waals surface area contributed by atoms with E-state index in [0.717, 1.165) is 23.1 Å². The predicted octanol–water partition coefficient (Wildman–Crippen LogP) is 1.94. The van der Waals surface area contributed by atoms with Crippen LogP contribution in [-0.2, 0) is 11.2 Å². The number of rotatable bonds is 7. The fourth-order valence-electron chi connectivity index (χ4n) is 0.998. The van der Waals surface area contributed by atoms with Crippen molar-refractivity contribution in [2.45, 2.75) is 12.8 Å². The minimum Gasteiger partial charge on any atom is -0.481 e. The standard InChI is InChI=1S/C9H14N2O2S2/c1-14-5-4-10-9-11-7(6-15-9)2-3-8(12)13/h6H,2-5H2,1H3,(H,10,11)(H,12,13). The highest BCUT2D eigenvalue weighted by atomic mass is 32.2. The first-order valence-corrected chi connectivity index (χ1v) is 6.88. The number of carboxylic acids is 1. The Morgan fingerprint density at radius 2 is 2.53 bits per heavy atom. The zero-order valence-corrected chi connectivity index (χ0v) is 10.2. The van der Waals surface area contributed by atoms with E-state index < -0.39 is 5.97 Å². The molecule has 0 bridgehead atoms. The van der Waals surface area contributed by atoms with Gasteiger partial charge in [0.05, 0.1) is 12.1 Å². The summed E-state index contributed by atoms with van der Waals surface area (Å²) in [6.45, 7) is 0.896. The Kier molecular flexibility index (Phi) is 5.49. The van der Waals surface area contributed by atoms with Crippen LogP contribution in [0.1, 0.15) is 12.1 Å². The van der Waals surface area contributed by atoms with E-state index in [1.807, 2.05) is 5.38 Å². The molecule has 2 N–H and O–H groups in total. The van der Waals surface area contributed by atoms with Gasteiger partial charge >= 0.3 is 5.97 Å². The second kappa shape index (κ2) is 6.68. The predicted molar refractivity (Wildman–Crippen MR) is 64.9 cm³/mol. The summed E-state index contributed by atoms with van der Waals surface area (Å²) in [7, 11) is 0. The molecule has 0 aromatic carbocycles. The van der Waals surface area contributed by atoms with Crippen molar-refractivity contribution in [1.82, 2.24) is 4.98 Å². The summed E-state index contributed by atoms with van der Waals surface area (Å²) in [4.78, 5) is 14.6. The van der Waals surface area contributed by atoms with Crippen LogP contribution in [0.2, 0.25) is 0 Å². The van der Waals surface area contributed by atoms with E-state index in [1.54, 1.807) is 11.8 Å². The highest BCUT2D eigenvalue weighted by Crippen LogP contribution is 2.16. The largest absolute Gasteiger partial charge is 0.481 e. The first-order valence-electron chi connectivity index (χ1n) is 4.61. The molecule has 0 aliphatic carbocycles. The van der Waals surface area contributed by atoms with Crippen LogP contribution < -0.4 is 5.32 Å². The number of nitrogens with zero attached hydrogens (tertiary/aromatic N) is 1. The number of thioether (sulfide) groups is 1. The van der Waals surface area contributed by atoms with E-state index in [1.165, 1.54) is 11.3 Å². The molecule has 84 valence electrons. The molecule has 4 nitrogen and oxygen atoms in total. The van der Waals surface area contributed by atoms with Gasteiger partial charge in [0.1, 0.15) is 0 Å². The van der Waals surface area contributed by atoms with Gasteiger partial charge in [-0.2, -0.15) is 11.8 Å². The van der Waals surface area contributed by atoms with Crippen LogP contribution in [0.4, 0.5) is 5.13 Å². The molecule has 0 amide bonds. The molecule has 1 aromatic heterocycles. The van der Waals surface area contributed by atoms with Crippen LogP contribution in [0.15, 0.2) is 5.38 Å². The number of carbonyl (C=O) groups is 1. The maximum absolute atomic E-state index is 10.3. The monoisotopic (exact) mass is 246 g/mol. The van der Waals surface area contributed by atoms with E-state index >= 15 is 0 Å². The molecule has 0 radical (unpaired) electrons. The quantitative estimate of drug-likeness (QED) is 0.720. The van der Waals surface area contributed by atoms with Crippen molar-refractivity contribution < 1.29 is 9.90 Å². The van der Waals surface area contributed by atoms with Gasteiger partial charge in [-0.1, -0.05) is 0 Å². The first kappa shape index (κ1) is 12.3. The third kappa shape index (κ3) is 5.03. The molecule has 0 atom stereocenters. The maximum Gasteiger partial charge on any atom is 0.303 e. The highest BCUT2D eigenvalue weighted by Gasteiger charge is 2.03. The number of anilines is 1. The van der Waals surface area contributed by atoms with Crippen LogP contribution in [0.25, 0.3) is 0 Å². The molecule has 0 saturated heterocycles. The zero-order chi connectivity index (χ0) is 11.1. The van der Waals surface area contributed by atoms with Crippen molar-refractivity contribution in [1.29, 1.82) is 0 Å². The number of hydrogen-bond donors (Lipinski definition) is 2. The van der Waals surface area contributed by atoms with Gasteiger partial charge in [0.25, 0.3) is 0 Å². The van der Waals surface area contributed by atoms with Gasteiger partial charge in [-0.25, -0.2) is 4.98 Å². The van der Waals surface area contributed by atoms with Crippen molar-refractivity contribution in [3.8, 4) is 0 Å². The van der Waals surface area contributed by atoms with Crippen LogP contribution in [0, 0.1) is 0 Å². The number of nitrogens with one attached hydrogen (secondary N) is 1. The first-order chi connectivity index (χ1) is 7.22. The summed E-state index contributed by atoms with van der Waals surface area (Å²) in [5.74, 6) is 0.268. The van der Waals surface area contributed by atoms with Gasteiger partial charge in [0.2, 0.25) is 0 Å².